The molecule has 0 radical (unpaired) electrons. The number of nitrogens with zero attached hydrogens (tertiary/aromatic N) is 1. The van der Waals surface area contributed by atoms with Gasteiger partial charge in [0.1, 0.15) is 33.7 Å². The first-order chi connectivity index (χ1) is 14.0. The molecule has 0 unspecified atom stereocenters. The fourth-order valence-electron chi connectivity index (χ4n) is 2.68. The Hall–Kier alpha value is -3.63. The summed E-state index contributed by atoms with van der Waals surface area (Å²) in [7, 11) is 0. The highest BCUT2D eigenvalue weighted by molar-refractivity contribution is 7.15. The van der Waals surface area contributed by atoms with Crippen LogP contribution in [0, 0.1) is 18.3 Å². The monoisotopic (exact) mass is 406 g/mol. The molecular weight excluding hydrogens is 388 g/mol. The third-order valence-electron chi connectivity index (χ3n) is 4.00. The molecule has 0 bridgehead atoms. The van der Waals surface area contributed by atoms with Crippen molar-refractivity contribution in [3.8, 4) is 17.2 Å². The number of amides is 1. The van der Waals surface area contributed by atoms with Crippen LogP contribution in [0.1, 0.15) is 28.8 Å². The molecule has 0 saturated heterocycles. The molecular formula is C22H18N2O4S. The van der Waals surface area contributed by atoms with Crippen LogP contribution < -0.4 is 5.32 Å². The molecule has 3 aromatic rings. The molecule has 1 N–H and O–H groups in total. The van der Waals surface area contributed by atoms with E-state index in [2.05, 4.69) is 5.32 Å². The smallest absolute Gasteiger partial charge is 0.341 e. The second-order valence-corrected chi connectivity index (χ2v) is 6.89. The standard InChI is InChI=1S/C22H18N2O4S/c1-3-27-22(26)19-18(15-7-5-4-6-8-15)13-29-21(19)24-20(25)16(12-23)11-17-10-9-14(2)28-17/h4-11,13H,3H2,1-2H3,(H,24,25)/b16-11+. The van der Waals surface area contributed by atoms with Gasteiger partial charge in [0.15, 0.2) is 0 Å². The quantitative estimate of drug-likeness (QED) is 0.352. The van der Waals surface area contributed by atoms with Gasteiger partial charge in [-0.3, -0.25) is 4.79 Å². The van der Waals surface area contributed by atoms with Gasteiger partial charge < -0.3 is 14.5 Å². The van der Waals surface area contributed by atoms with E-state index in [0.717, 1.165) is 5.56 Å². The van der Waals surface area contributed by atoms with Crippen molar-refractivity contribution in [2.75, 3.05) is 11.9 Å². The van der Waals surface area contributed by atoms with Crippen LogP contribution in [-0.2, 0) is 9.53 Å². The summed E-state index contributed by atoms with van der Waals surface area (Å²) in [5, 5.41) is 14.1. The highest BCUT2D eigenvalue weighted by atomic mass is 32.1. The maximum Gasteiger partial charge on any atom is 0.341 e. The van der Waals surface area contributed by atoms with Gasteiger partial charge in [-0.05, 0) is 31.5 Å². The number of furan rings is 1. The van der Waals surface area contributed by atoms with Gasteiger partial charge in [0.25, 0.3) is 5.91 Å². The second-order valence-electron chi connectivity index (χ2n) is 6.01. The van der Waals surface area contributed by atoms with Crippen LogP contribution in [0.25, 0.3) is 17.2 Å². The summed E-state index contributed by atoms with van der Waals surface area (Å²) >= 11 is 1.20. The first-order valence-electron chi connectivity index (χ1n) is 8.87. The zero-order valence-electron chi connectivity index (χ0n) is 15.9. The third-order valence-corrected chi connectivity index (χ3v) is 4.89. The van der Waals surface area contributed by atoms with E-state index in [1.807, 2.05) is 36.4 Å². The molecule has 0 spiro atoms. The Morgan fingerprint density at radius 3 is 2.62 bits per heavy atom. The SMILES string of the molecule is CCOC(=O)c1c(-c2ccccc2)csc1NC(=O)/C(C#N)=C/c1ccc(C)o1. The third kappa shape index (κ3) is 4.62. The van der Waals surface area contributed by atoms with Gasteiger partial charge in [0, 0.05) is 17.0 Å². The van der Waals surface area contributed by atoms with Crippen molar-refractivity contribution in [2.45, 2.75) is 13.8 Å². The first-order valence-corrected chi connectivity index (χ1v) is 9.75. The lowest BCUT2D eigenvalue weighted by Crippen LogP contribution is -2.16. The molecule has 2 aromatic heterocycles. The number of anilines is 1. The van der Waals surface area contributed by atoms with E-state index in [1.54, 1.807) is 31.4 Å². The molecule has 7 heteroatoms. The highest BCUT2D eigenvalue weighted by Gasteiger charge is 2.23. The van der Waals surface area contributed by atoms with Crippen molar-refractivity contribution in [2.24, 2.45) is 0 Å². The number of ether oxygens (including phenoxy) is 1. The predicted molar refractivity (Wildman–Crippen MR) is 111 cm³/mol. The Morgan fingerprint density at radius 1 is 1.24 bits per heavy atom. The normalized spacial score (nSPS) is 11.0. The molecule has 3 rings (SSSR count). The number of hydrogen-bond acceptors (Lipinski definition) is 6. The zero-order valence-corrected chi connectivity index (χ0v) is 16.7. The number of benzene rings is 1. The summed E-state index contributed by atoms with van der Waals surface area (Å²) in [4.78, 5) is 25.2. The first kappa shape index (κ1) is 20.1. The van der Waals surface area contributed by atoms with E-state index in [-0.39, 0.29) is 17.7 Å². The zero-order chi connectivity index (χ0) is 20.8. The number of hydrogen-bond donors (Lipinski definition) is 1. The van der Waals surface area contributed by atoms with Crippen molar-refractivity contribution in [1.82, 2.24) is 0 Å². The van der Waals surface area contributed by atoms with Crippen molar-refractivity contribution in [1.29, 1.82) is 5.26 Å². The molecule has 6 nitrogen and oxygen atoms in total. The molecule has 29 heavy (non-hydrogen) atoms. The van der Waals surface area contributed by atoms with Crippen LogP contribution in [0.4, 0.5) is 5.00 Å². The van der Waals surface area contributed by atoms with Crippen LogP contribution in [-0.4, -0.2) is 18.5 Å². The van der Waals surface area contributed by atoms with E-state index in [1.165, 1.54) is 17.4 Å². The largest absolute Gasteiger partial charge is 0.462 e. The Kier molecular flexibility index (Phi) is 6.27. The van der Waals surface area contributed by atoms with Crippen molar-refractivity contribution >= 4 is 34.3 Å². The molecule has 0 atom stereocenters. The van der Waals surface area contributed by atoms with Crippen LogP contribution in [0.2, 0.25) is 0 Å². The van der Waals surface area contributed by atoms with Crippen LogP contribution in [0.15, 0.2) is 57.8 Å². The molecule has 146 valence electrons. The minimum absolute atomic E-state index is 0.135. The highest BCUT2D eigenvalue weighted by Crippen LogP contribution is 2.36. The van der Waals surface area contributed by atoms with E-state index >= 15 is 0 Å². The Labute approximate surface area is 172 Å². The summed E-state index contributed by atoms with van der Waals surface area (Å²) in [6.45, 7) is 3.69. The average Bonchev–Trinajstić information content (AvgIpc) is 3.32. The van der Waals surface area contributed by atoms with E-state index < -0.39 is 11.9 Å². The summed E-state index contributed by atoms with van der Waals surface area (Å²) in [6, 6.07) is 14.6. The molecule has 0 aliphatic carbocycles. The summed E-state index contributed by atoms with van der Waals surface area (Å²) in [6.07, 6.45) is 1.36. The van der Waals surface area contributed by atoms with Crippen molar-refractivity contribution in [3.05, 3.63) is 70.5 Å². The molecule has 0 aliphatic heterocycles. The van der Waals surface area contributed by atoms with Crippen molar-refractivity contribution < 1.29 is 18.7 Å². The van der Waals surface area contributed by atoms with Crippen LogP contribution in [0.3, 0.4) is 0 Å². The number of nitrogens with one attached hydrogen (secondary N) is 1. The number of nitriles is 1. The second kappa shape index (κ2) is 9.04. The number of esters is 1. The van der Waals surface area contributed by atoms with Gasteiger partial charge in [-0.15, -0.1) is 11.3 Å². The van der Waals surface area contributed by atoms with E-state index in [0.29, 0.717) is 22.1 Å². The molecule has 0 saturated carbocycles. The van der Waals surface area contributed by atoms with Crippen LogP contribution in [0.5, 0.6) is 0 Å². The summed E-state index contributed by atoms with van der Waals surface area (Å²) < 4.78 is 10.6. The van der Waals surface area contributed by atoms with Gasteiger partial charge in [0.05, 0.1) is 6.61 Å². The lowest BCUT2D eigenvalue weighted by atomic mass is 10.0. The molecule has 1 aromatic carbocycles. The number of thiophene rings is 1. The van der Waals surface area contributed by atoms with Crippen molar-refractivity contribution in [3.63, 3.8) is 0 Å². The van der Waals surface area contributed by atoms with E-state index in [4.69, 9.17) is 9.15 Å². The van der Waals surface area contributed by atoms with Gasteiger partial charge in [0.2, 0.25) is 0 Å². The fourth-order valence-corrected chi connectivity index (χ4v) is 3.63. The Balaban J connectivity index is 1.95. The minimum Gasteiger partial charge on any atom is -0.462 e. The number of rotatable bonds is 6. The van der Waals surface area contributed by atoms with E-state index in [9.17, 15) is 14.9 Å². The maximum atomic E-state index is 12.6. The van der Waals surface area contributed by atoms with Gasteiger partial charge in [-0.25, -0.2) is 4.79 Å². The molecule has 0 fully saturated rings. The molecule has 2 heterocycles. The molecule has 0 aliphatic rings. The van der Waals surface area contributed by atoms with Crippen LogP contribution >= 0.6 is 11.3 Å². The number of carbonyl (C=O) groups is 2. The number of carbonyl (C=O) groups excluding carboxylic acids is 2. The Bertz CT molecular complexity index is 1100. The summed E-state index contributed by atoms with van der Waals surface area (Å²) in [5.74, 6) is -0.0964. The maximum absolute atomic E-state index is 12.6. The van der Waals surface area contributed by atoms with Gasteiger partial charge in [-0.1, -0.05) is 30.3 Å². The average molecular weight is 406 g/mol. The lowest BCUT2D eigenvalue weighted by molar-refractivity contribution is -0.112. The Morgan fingerprint density at radius 2 is 2.00 bits per heavy atom. The number of aryl methyl sites for hydroxylation is 1. The predicted octanol–water partition coefficient (Wildman–Crippen LogP) is 5.04. The fraction of sp³-hybridized carbons (Fsp3) is 0.136. The lowest BCUT2D eigenvalue weighted by Gasteiger charge is -2.08. The minimum atomic E-state index is -0.631. The van der Waals surface area contributed by atoms with Gasteiger partial charge >= 0.3 is 5.97 Å². The summed E-state index contributed by atoms with van der Waals surface area (Å²) in [5.41, 5.74) is 1.62. The molecule has 1 amide bonds. The van der Waals surface area contributed by atoms with Gasteiger partial charge in [-0.2, -0.15) is 5.26 Å². The topological polar surface area (TPSA) is 92.3 Å².